The van der Waals surface area contributed by atoms with Gasteiger partial charge in [0.2, 0.25) is 15.9 Å². The van der Waals surface area contributed by atoms with Crippen LogP contribution in [0.4, 0.5) is 5.13 Å². The molecule has 154 valence electrons. The van der Waals surface area contributed by atoms with E-state index in [0.29, 0.717) is 30.0 Å². The fraction of sp³-hybridized carbons (Fsp3) is 0.389. The van der Waals surface area contributed by atoms with Gasteiger partial charge in [-0.3, -0.25) is 9.36 Å². The SMILES string of the molecule is Cc1csc(NC(=O)C2CCCN(S(=O)(=O)c3ccc4c(c3)oc(=O)n4C)C2)n1. The Balaban J connectivity index is 1.55. The van der Waals surface area contributed by atoms with E-state index in [1.165, 1.54) is 32.3 Å². The van der Waals surface area contributed by atoms with Gasteiger partial charge in [-0.1, -0.05) is 0 Å². The van der Waals surface area contributed by atoms with E-state index in [4.69, 9.17) is 4.42 Å². The van der Waals surface area contributed by atoms with Crippen molar-refractivity contribution in [1.82, 2.24) is 13.9 Å². The van der Waals surface area contributed by atoms with E-state index in [-0.39, 0.29) is 22.9 Å². The number of sulfonamides is 1. The first-order chi connectivity index (χ1) is 13.8. The Morgan fingerprint density at radius 1 is 1.38 bits per heavy atom. The molecule has 0 radical (unpaired) electrons. The van der Waals surface area contributed by atoms with Crippen LogP contribution >= 0.6 is 11.3 Å². The molecule has 2 aromatic heterocycles. The van der Waals surface area contributed by atoms with Crippen LogP contribution in [-0.4, -0.2) is 41.3 Å². The quantitative estimate of drug-likeness (QED) is 0.668. The van der Waals surface area contributed by atoms with Gasteiger partial charge in [-0.15, -0.1) is 11.3 Å². The molecule has 1 aliphatic rings. The number of aromatic nitrogens is 2. The van der Waals surface area contributed by atoms with Crippen LogP contribution in [0.3, 0.4) is 0 Å². The zero-order valence-corrected chi connectivity index (χ0v) is 17.5. The molecule has 0 spiro atoms. The second-order valence-electron chi connectivity index (χ2n) is 7.04. The molecule has 4 rings (SSSR count). The number of benzene rings is 1. The molecule has 9 nitrogen and oxygen atoms in total. The lowest BCUT2D eigenvalue weighted by molar-refractivity contribution is -0.120. The van der Waals surface area contributed by atoms with Crippen molar-refractivity contribution in [1.29, 1.82) is 0 Å². The Hall–Kier alpha value is -2.50. The Labute approximate surface area is 171 Å². The van der Waals surface area contributed by atoms with Crippen molar-refractivity contribution in [3.63, 3.8) is 0 Å². The standard InChI is InChI=1S/C18H20N4O5S2/c1-11-10-28-17(19-11)20-16(23)12-4-3-7-22(9-12)29(25,26)13-5-6-14-15(8-13)27-18(24)21(14)2/h5-6,8,10,12H,3-4,7,9H2,1-2H3,(H,19,20,23). The fourth-order valence-electron chi connectivity index (χ4n) is 3.42. The zero-order valence-electron chi connectivity index (χ0n) is 15.9. The van der Waals surface area contributed by atoms with Crippen LogP contribution in [0.15, 0.2) is 37.7 Å². The van der Waals surface area contributed by atoms with E-state index in [1.807, 2.05) is 12.3 Å². The largest absolute Gasteiger partial charge is 0.419 e. The van der Waals surface area contributed by atoms with Crippen molar-refractivity contribution in [3.8, 4) is 0 Å². The van der Waals surface area contributed by atoms with Crippen LogP contribution in [0.5, 0.6) is 0 Å². The number of nitrogens with zero attached hydrogens (tertiary/aromatic N) is 3. The van der Waals surface area contributed by atoms with Crippen molar-refractivity contribution in [2.75, 3.05) is 18.4 Å². The minimum atomic E-state index is -3.82. The molecule has 1 N–H and O–H groups in total. The van der Waals surface area contributed by atoms with Crippen LogP contribution in [0, 0.1) is 12.8 Å². The van der Waals surface area contributed by atoms with Gasteiger partial charge < -0.3 is 9.73 Å². The molecule has 1 fully saturated rings. The number of carbonyl (C=O) groups excluding carboxylic acids is 1. The minimum absolute atomic E-state index is 0.0379. The molecule has 1 atom stereocenters. The molecule has 1 saturated heterocycles. The molecule has 1 amide bonds. The third-order valence-corrected chi connectivity index (χ3v) is 7.74. The maximum atomic E-state index is 13.1. The number of anilines is 1. The van der Waals surface area contributed by atoms with E-state index in [9.17, 15) is 18.0 Å². The average Bonchev–Trinajstić information content (AvgIpc) is 3.24. The number of hydrogen-bond donors (Lipinski definition) is 1. The molecule has 0 saturated carbocycles. The Kier molecular flexibility index (Phi) is 5.05. The maximum Gasteiger partial charge on any atom is 0.419 e. The number of fused-ring (bicyclic) bond motifs is 1. The predicted molar refractivity (Wildman–Crippen MR) is 108 cm³/mol. The molecule has 3 heterocycles. The molecule has 1 unspecified atom stereocenters. The van der Waals surface area contributed by atoms with E-state index in [2.05, 4.69) is 10.3 Å². The Bertz CT molecular complexity index is 1240. The molecular weight excluding hydrogens is 416 g/mol. The number of piperidine rings is 1. The summed E-state index contributed by atoms with van der Waals surface area (Å²) in [6.45, 7) is 2.27. The number of oxazole rings is 1. The topological polar surface area (TPSA) is 115 Å². The van der Waals surface area contributed by atoms with Gasteiger partial charge in [0.15, 0.2) is 10.7 Å². The predicted octanol–water partition coefficient (Wildman–Crippen LogP) is 1.94. The van der Waals surface area contributed by atoms with Gasteiger partial charge in [-0.25, -0.2) is 18.2 Å². The average molecular weight is 437 g/mol. The molecule has 1 aliphatic heterocycles. The summed E-state index contributed by atoms with van der Waals surface area (Å²) < 4.78 is 34.0. The lowest BCUT2D eigenvalue weighted by Gasteiger charge is -2.31. The second kappa shape index (κ2) is 7.39. The molecule has 0 bridgehead atoms. The van der Waals surface area contributed by atoms with E-state index < -0.39 is 21.7 Å². The van der Waals surface area contributed by atoms with E-state index >= 15 is 0 Å². The van der Waals surface area contributed by atoms with Crippen LogP contribution in [0.2, 0.25) is 0 Å². The third-order valence-electron chi connectivity index (χ3n) is 5.01. The van der Waals surface area contributed by atoms with Crippen molar-refractivity contribution in [2.45, 2.75) is 24.7 Å². The van der Waals surface area contributed by atoms with Gasteiger partial charge in [-0.05, 0) is 31.9 Å². The Morgan fingerprint density at radius 2 is 2.17 bits per heavy atom. The maximum absolute atomic E-state index is 13.1. The second-order valence-corrected chi connectivity index (χ2v) is 9.84. The number of carbonyl (C=O) groups is 1. The van der Waals surface area contributed by atoms with Gasteiger partial charge in [-0.2, -0.15) is 4.31 Å². The number of nitrogens with one attached hydrogen (secondary N) is 1. The van der Waals surface area contributed by atoms with Crippen molar-refractivity contribution in [2.24, 2.45) is 13.0 Å². The monoisotopic (exact) mass is 436 g/mol. The van der Waals surface area contributed by atoms with Crippen molar-refractivity contribution >= 4 is 43.5 Å². The van der Waals surface area contributed by atoms with Gasteiger partial charge in [0.05, 0.1) is 22.0 Å². The van der Waals surface area contributed by atoms with Gasteiger partial charge in [0, 0.05) is 31.6 Å². The van der Waals surface area contributed by atoms with Crippen LogP contribution < -0.4 is 11.1 Å². The number of hydrogen-bond acceptors (Lipinski definition) is 7. The first kappa shape index (κ1) is 19.8. The minimum Gasteiger partial charge on any atom is -0.408 e. The third kappa shape index (κ3) is 3.72. The molecule has 29 heavy (non-hydrogen) atoms. The summed E-state index contributed by atoms with van der Waals surface area (Å²) in [7, 11) is -2.27. The van der Waals surface area contributed by atoms with Gasteiger partial charge in [0.25, 0.3) is 0 Å². The summed E-state index contributed by atoms with van der Waals surface area (Å²) in [6, 6.07) is 4.36. The van der Waals surface area contributed by atoms with Gasteiger partial charge >= 0.3 is 5.76 Å². The molecule has 1 aromatic carbocycles. The van der Waals surface area contributed by atoms with Crippen molar-refractivity contribution in [3.05, 3.63) is 39.8 Å². The molecule has 3 aromatic rings. The molecule has 0 aliphatic carbocycles. The summed E-state index contributed by atoms with van der Waals surface area (Å²) in [5, 5.41) is 5.12. The lowest BCUT2D eigenvalue weighted by Crippen LogP contribution is -2.43. The Morgan fingerprint density at radius 3 is 2.90 bits per heavy atom. The molecule has 11 heteroatoms. The highest BCUT2D eigenvalue weighted by atomic mass is 32.2. The summed E-state index contributed by atoms with van der Waals surface area (Å²) >= 11 is 1.34. The van der Waals surface area contributed by atoms with E-state index in [0.717, 1.165) is 5.69 Å². The number of aryl methyl sites for hydroxylation is 2. The summed E-state index contributed by atoms with van der Waals surface area (Å²) in [4.78, 5) is 28.5. The number of rotatable bonds is 4. The summed E-state index contributed by atoms with van der Waals surface area (Å²) in [6.07, 6.45) is 1.19. The van der Waals surface area contributed by atoms with Gasteiger partial charge in [0.1, 0.15) is 0 Å². The molecular formula is C18H20N4O5S2. The highest BCUT2D eigenvalue weighted by Gasteiger charge is 2.34. The zero-order chi connectivity index (χ0) is 20.8. The summed E-state index contributed by atoms with van der Waals surface area (Å²) in [5.41, 5.74) is 1.55. The highest BCUT2D eigenvalue weighted by molar-refractivity contribution is 7.89. The first-order valence-corrected chi connectivity index (χ1v) is 11.4. The lowest BCUT2D eigenvalue weighted by atomic mass is 9.99. The number of thiazole rings is 1. The van der Waals surface area contributed by atoms with E-state index in [1.54, 1.807) is 13.1 Å². The summed E-state index contributed by atoms with van der Waals surface area (Å²) in [5.74, 6) is -1.24. The van der Waals surface area contributed by atoms with Crippen LogP contribution in [0.25, 0.3) is 11.1 Å². The van der Waals surface area contributed by atoms with Crippen LogP contribution in [0.1, 0.15) is 18.5 Å². The first-order valence-electron chi connectivity index (χ1n) is 9.08. The van der Waals surface area contributed by atoms with Crippen LogP contribution in [-0.2, 0) is 21.9 Å². The van der Waals surface area contributed by atoms with Crippen molar-refractivity contribution < 1.29 is 17.6 Å². The fourth-order valence-corrected chi connectivity index (χ4v) is 5.65. The smallest absolute Gasteiger partial charge is 0.408 e. The number of amides is 1. The highest BCUT2D eigenvalue weighted by Crippen LogP contribution is 2.27. The normalized spacial score (nSPS) is 18.2.